The molecule has 8 heteroatoms. The zero-order chi connectivity index (χ0) is 25.5. The van der Waals surface area contributed by atoms with Crippen LogP contribution in [0.2, 0.25) is 5.02 Å². The first-order chi connectivity index (χ1) is 17.5. The molecule has 186 valence electrons. The topological polar surface area (TPSA) is 89.9 Å². The number of carbonyl (C=O) groups is 1. The van der Waals surface area contributed by atoms with Crippen LogP contribution in [0.5, 0.6) is 0 Å². The van der Waals surface area contributed by atoms with E-state index >= 15 is 0 Å². The maximum atomic E-state index is 13.7. The standard InChI is InChI=1S/C28H31ClN6O/c1-20(2)26(35(15-7-12-30)28(36)24-17-31-13-14-32-24)27-33-25(22-10-6-11-23(29)16-22)19-34(27)18-21-8-4-3-5-9-21/h3-6,8-11,13-14,16-17,19-20,26H,7,12,15,18,30H2,1-2H3/t26-/m1/s1. The molecule has 7 nitrogen and oxygen atoms in total. The summed E-state index contributed by atoms with van der Waals surface area (Å²) >= 11 is 6.29. The van der Waals surface area contributed by atoms with Crippen molar-refractivity contribution in [3.8, 4) is 11.3 Å². The van der Waals surface area contributed by atoms with Gasteiger partial charge in [0.05, 0.1) is 17.9 Å². The van der Waals surface area contributed by atoms with E-state index in [-0.39, 0.29) is 17.9 Å². The summed E-state index contributed by atoms with van der Waals surface area (Å²) in [5.41, 5.74) is 9.03. The fraction of sp³-hybridized carbons (Fsp3) is 0.286. The molecule has 2 aromatic heterocycles. The molecule has 0 unspecified atom stereocenters. The number of hydrogen-bond donors (Lipinski definition) is 1. The highest BCUT2D eigenvalue weighted by molar-refractivity contribution is 6.30. The molecule has 0 bridgehead atoms. The molecule has 0 aliphatic heterocycles. The lowest BCUT2D eigenvalue weighted by atomic mass is 10.00. The maximum absolute atomic E-state index is 13.7. The first kappa shape index (κ1) is 25.5. The molecule has 0 aliphatic carbocycles. The fourth-order valence-electron chi connectivity index (χ4n) is 4.34. The van der Waals surface area contributed by atoms with E-state index in [0.29, 0.717) is 36.8 Å². The van der Waals surface area contributed by atoms with Gasteiger partial charge in [-0.25, -0.2) is 9.97 Å². The Balaban J connectivity index is 1.83. The number of aromatic nitrogens is 4. The van der Waals surface area contributed by atoms with Gasteiger partial charge < -0.3 is 15.2 Å². The van der Waals surface area contributed by atoms with Crippen molar-refractivity contribution >= 4 is 17.5 Å². The molecular weight excluding hydrogens is 472 g/mol. The highest BCUT2D eigenvalue weighted by Gasteiger charge is 2.33. The largest absolute Gasteiger partial charge is 0.330 e. The molecule has 0 radical (unpaired) electrons. The van der Waals surface area contributed by atoms with Gasteiger partial charge in [-0.3, -0.25) is 9.78 Å². The number of nitrogens with zero attached hydrogens (tertiary/aromatic N) is 5. The predicted octanol–water partition coefficient (Wildman–Crippen LogP) is 5.23. The minimum atomic E-state index is -0.303. The van der Waals surface area contributed by atoms with E-state index in [0.717, 1.165) is 22.6 Å². The summed E-state index contributed by atoms with van der Waals surface area (Å²) in [4.78, 5) is 29.0. The van der Waals surface area contributed by atoms with Crippen LogP contribution >= 0.6 is 11.6 Å². The van der Waals surface area contributed by atoms with E-state index in [1.807, 2.05) is 53.6 Å². The quantitative estimate of drug-likeness (QED) is 0.320. The summed E-state index contributed by atoms with van der Waals surface area (Å²) in [6.45, 7) is 5.78. The molecule has 0 aliphatic rings. The molecule has 2 aromatic carbocycles. The van der Waals surface area contributed by atoms with Gasteiger partial charge in [0, 0.05) is 42.3 Å². The molecule has 1 atom stereocenters. The molecule has 2 heterocycles. The van der Waals surface area contributed by atoms with Crippen LogP contribution in [-0.4, -0.2) is 43.4 Å². The third kappa shape index (κ3) is 5.98. The van der Waals surface area contributed by atoms with Crippen LogP contribution in [0.1, 0.15) is 48.2 Å². The summed E-state index contributed by atoms with van der Waals surface area (Å²) in [5, 5.41) is 0.648. The van der Waals surface area contributed by atoms with E-state index in [1.165, 1.54) is 12.4 Å². The molecular formula is C28H31ClN6O. The molecule has 1 amide bonds. The van der Waals surface area contributed by atoms with E-state index in [1.54, 1.807) is 6.20 Å². The lowest BCUT2D eigenvalue weighted by Crippen LogP contribution is -2.40. The van der Waals surface area contributed by atoms with Crippen molar-refractivity contribution in [3.05, 3.63) is 101 Å². The van der Waals surface area contributed by atoms with Crippen LogP contribution < -0.4 is 5.73 Å². The van der Waals surface area contributed by atoms with Crippen molar-refractivity contribution in [1.29, 1.82) is 0 Å². The van der Waals surface area contributed by atoms with Crippen molar-refractivity contribution < 1.29 is 4.79 Å². The zero-order valence-electron chi connectivity index (χ0n) is 20.6. The number of hydrogen-bond acceptors (Lipinski definition) is 5. The van der Waals surface area contributed by atoms with Gasteiger partial charge in [-0.05, 0) is 36.6 Å². The minimum Gasteiger partial charge on any atom is -0.330 e. The number of nitrogens with two attached hydrogens (primary N) is 1. The smallest absolute Gasteiger partial charge is 0.274 e. The Morgan fingerprint density at radius 1 is 1.11 bits per heavy atom. The van der Waals surface area contributed by atoms with Gasteiger partial charge in [0.2, 0.25) is 0 Å². The zero-order valence-corrected chi connectivity index (χ0v) is 21.3. The summed E-state index contributed by atoms with van der Waals surface area (Å²) in [6, 6.07) is 17.6. The molecule has 2 N–H and O–H groups in total. The molecule has 0 spiro atoms. The fourth-order valence-corrected chi connectivity index (χ4v) is 4.53. The number of imidazole rings is 1. The number of benzene rings is 2. The van der Waals surface area contributed by atoms with Crippen LogP contribution in [0.3, 0.4) is 0 Å². The normalized spacial score (nSPS) is 12.0. The Morgan fingerprint density at radius 2 is 1.92 bits per heavy atom. The molecule has 4 rings (SSSR count). The van der Waals surface area contributed by atoms with Crippen molar-refractivity contribution in [2.75, 3.05) is 13.1 Å². The number of halogens is 1. The second-order valence-electron chi connectivity index (χ2n) is 9.03. The summed E-state index contributed by atoms with van der Waals surface area (Å²) in [6.07, 6.45) is 7.30. The van der Waals surface area contributed by atoms with Crippen molar-refractivity contribution in [1.82, 2.24) is 24.4 Å². The Bertz CT molecular complexity index is 1280. The first-order valence-corrected chi connectivity index (χ1v) is 12.5. The van der Waals surface area contributed by atoms with E-state index in [9.17, 15) is 4.79 Å². The van der Waals surface area contributed by atoms with Crippen molar-refractivity contribution in [2.24, 2.45) is 11.7 Å². The third-order valence-electron chi connectivity index (χ3n) is 6.00. The van der Waals surface area contributed by atoms with Gasteiger partial charge in [0.1, 0.15) is 11.5 Å². The van der Waals surface area contributed by atoms with Gasteiger partial charge in [0.15, 0.2) is 0 Å². The van der Waals surface area contributed by atoms with E-state index in [2.05, 4.69) is 40.5 Å². The lowest BCUT2D eigenvalue weighted by molar-refractivity contribution is 0.0598. The first-order valence-electron chi connectivity index (χ1n) is 12.1. The highest BCUT2D eigenvalue weighted by Crippen LogP contribution is 2.33. The molecule has 4 aromatic rings. The van der Waals surface area contributed by atoms with Crippen molar-refractivity contribution in [3.63, 3.8) is 0 Å². The lowest BCUT2D eigenvalue weighted by Gasteiger charge is -2.34. The van der Waals surface area contributed by atoms with Crippen LogP contribution in [0.15, 0.2) is 79.4 Å². The average molecular weight is 503 g/mol. The average Bonchev–Trinajstić information content (AvgIpc) is 3.30. The molecule has 0 saturated carbocycles. The van der Waals surface area contributed by atoms with E-state index < -0.39 is 0 Å². The van der Waals surface area contributed by atoms with Gasteiger partial charge in [-0.1, -0.05) is 67.9 Å². The summed E-state index contributed by atoms with van der Waals surface area (Å²) in [7, 11) is 0. The van der Waals surface area contributed by atoms with Gasteiger partial charge in [-0.2, -0.15) is 0 Å². The predicted molar refractivity (Wildman–Crippen MR) is 143 cm³/mol. The van der Waals surface area contributed by atoms with Crippen molar-refractivity contribution in [2.45, 2.75) is 32.9 Å². The molecule has 36 heavy (non-hydrogen) atoms. The Kier molecular flexibility index (Phi) is 8.46. The maximum Gasteiger partial charge on any atom is 0.274 e. The Labute approximate surface area is 217 Å². The molecule has 0 fully saturated rings. The second kappa shape index (κ2) is 11.9. The van der Waals surface area contributed by atoms with Gasteiger partial charge in [0.25, 0.3) is 5.91 Å². The van der Waals surface area contributed by atoms with Crippen LogP contribution in [0.25, 0.3) is 11.3 Å². The minimum absolute atomic E-state index is 0.0764. The van der Waals surface area contributed by atoms with Crippen LogP contribution in [-0.2, 0) is 6.54 Å². The number of carbonyl (C=O) groups excluding carboxylic acids is 1. The summed E-state index contributed by atoms with van der Waals surface area (Å²) in [5.74, 6) is 0.694. The Hall–Kier alpha value is -3.55. The van der Waals surface area contributed by atoms with E-state index in [4.69, 9.17) is 22.3 Å². The van der Waals surface area contributed by atoms with Gasteiger partial charge >= 0.3 is 0 Å². The SMILES string of the molecule is CC(C)[C@H](c1nc(-c2cccc(Cl)c2)cn1Cc1ccccc1)N(CCCN)C(=O)c1cnccn1. The Morgan fingerprint density at radius 3 is 2.58 bits per heavy atom. The van der Waals surface area contributed by atoms with Crippen LogP contribution in [0.4, 0.5) is 0 Å². The number of rotatable bonds is 10. The van der Waals surface area contributed by atoms with Crippen LogP contribution in [0, 0.1) is 5.92 Å². The van der Waals surface area contributed by atoms with Gasteiger partial charge in [-0.15, -0.1) is 0 Å². The highest BCUT2D eigenvalue weighted by atomic mass is 35.5. The third-order valence-corrected chi connectivity index (χ3v) is 6.24. The summed E-state index contributed by atoms with van der Waals surface area (Å²) < 4.78 is 2.13. The molecule has 0 saturated heterocycles. The monoisotopic (exact) mass is 502 g/mol. The second-order valence-corrected chi connectivity index (χ2v) is 9.46. The number of amides is 1.